The third kappa shape index (κ3) is 5.50. The van der Waals surface area contributed by atoms with Crippen LogP contribution in [-0.2, 0) is 14.3 Å². The molecule has 142 valence electrons. The zero-order valence-electron chi connectivity index (χ0n) is 14.6. The van der Waals surface area contributed by atoms with Gasteiger partial charge in [0.2, 0.25) is 0 Å². The van der Waals surface area contributed by atoms with Crippen molar-refractivity contribution in [2.24, 2.45) is 5.73 Å². The second-order valence-electron chi connectivity index (χ2n) is 5.78. The molecule has 1 aliphatic heterocycles. The van der Waals surface area contributed by atoms with Crippen molar-refractivity contribution in [1.82, 2.24) is 4.90 Å². The lowest BCUT2D eigenvalue weighted by Crippen LogP contribution is -2.42. The number of methoxy groups -OCH3 is 1. The van der Waals surface area contributed by atoms with E-state index in [0.29, 0.717) is 24.7 Å². The molecule has 1 aliphatic rings. The molecule has 1 fully saturated rings. The van der Waals surface area contributed by atoms with Gasteiger partial charge >= 0.3 is 5.97 Å². The molecule has 0 spiro atoms. The Balaban J connectivity index is 2.22. The Hall–Kier alpha value is -0.990. The van der Waals surface area contributed by atoms with E-state index < -0.39 is 6.04 Å². The molecule has 5 nitrogen and oxygen atoms in total. The first-order valence-electron chi connectivity index (χ1n) is 8.31. The Labute approximate surface area is 167 Å². The quantitative estimate of drug-likeness (QED) is 0.230. The number of nitrogens with two attached hydrogens (primary N) is 1. The average molecular weight is 415 g/mol. The average Bonchev–Trinajstić information content (AvgIpc) is 2.65. The monoisotopic (exact) mass is 414 g/mol. The van der Waals surface area contributed by atoms with Crippen LogP contribution >= 0.6 is 33.2 Å². The zero-order chi connectivity index (χ0) is 18.9. The summed E-state index contributed by atoms with van der Waals surface area (Å²) in [6, 6.07) is 6.69. The molecule has 0 bridgehead atoms. The van der Waals surface area contributed by atoms with Crippen molar-refractivity contribution < 1.29 is 14.3 Å². The van der Waals surface area contributed by atoms with Gasteiger partial charge in [0.05, 0.1) is 7.11 Å². The standard InChI is InChI=1S/C18H23ClN2O3S2/c1-24-18(23)17(14-4-2-3-5-15(14)19)21-9-6-16(26-25-11-8-20)13(12-21)7-10-22/h2-5,7,10,16-17H,6,8-9,11-12,20H2,1H3/b13-7-. The fourth-order valence-corrected chi connectivity index (χ4v) is 5.72. The fraction of sp³-hybridized carbons (Fsp3) is 0.444. The van der Waals surface area contributed by atoms with Crippen LogP contribution in [0.15, 0.2) is 35.9 Å². The molecule has 0 aromatic heterocycles. The van der Waals surface area contributed by atoms with Crippen LogP contribution in [-0.4, -0.2) is 54.9 Å². The summed E-state index contributed by atoms with van der Waals surface area (Å²) < 4.78 is 5.03. The van der Waals surface area contributed by atoms with Crippen LogP contribution in [0.1, 0.15) is 18.0 Å². The minimum atomic E-state index is -0.591. The molecule has 26 heavy (non-hydrogen) atoms. The number of carbonyl (C=O) groups excluding carboxylic acids is 2. The van der Waals surface area contributed by atoms with E-state index in [9.17, 15) is 9.59 Å². The molecule has 1 aromatic carbocycles. The molecule has 0 aliphatic carbocycles. The first-order chi connectivity index (χ1) is 12.6. The van der Waals surface area contributed by atoms with Crippen LogP contribution < -0.4 is 5.73 Å². The number of esters is 1. The summed E-state index contributed by atoms with van der Waals surface area (Å²) >= 11 is 6.33. The number of hydrogen-bond donors (Lipinski definition) is 1. The number of piperidine rings is 1. The number of nitrogens with zero attached hydrogens (tertiary/aromatic N) is 1. The normalized spacial score (nSPS) is 20.7. The van der Waals surface area contributed by atoms with Crippen molar-refractivity contribution >= 4 is 45.4 Å². The van der Waals surface area contributed by atoms with Gasteiger partial charge in [0, 0.05) is 35.7 Å². The molecule has 8 heteroatoms. The van der Waals surface area contributed by atoms with E-state index in [1.54, 1.807) is 33.7 Å². The van der Waals surface area contributed by atoms with Crippen LogP contribution in [0.3, 0.4) is 0 Å². The van der Waals surface area contributed by atoms with Crippen molar-refractivity contribution in [3.05, 3.63) is 46.5 Å². The maximum absolute atomic E-state index is 12.5. The summed E-state index contributed by atoms with van der Waals surface area (Å²) in [5.74, 6) is 0.510. The first kappa shape index (κ1) is 21.3. The van der Waals surface area contributed by atoms with E-state index in [1.165, 1.54) is 7.11 Å². The molecule has 0 saturated carbocycles. The Bertz CT molecular complexity index is 657. The topological polar surface area (TPSA) is 72.6 Å². The maximum atomic E-state index is 12.5. The predicted molar refractivity (Wildman–Crippen MR) is 109 cm³/mol. The largest absolute Gasteiger partial charge is 0.468 e. The van der Waals surface area contributed by atoms with Gasteiger partial charge < -0.3 is 10.5 Å². The highest BCUT2D eigenvalue weighted by molar-refractivity contribution is 8.77. The number of aldehydes is 1. The van der Waals surface area contributed by atoms with Crippen LogP contribution in [0.2, 0.25) is 5.02 Å². The van der Waals surface area contributed by atoms with E-state index in [1.807, 2.05) is 23.1 Å². The summed E-state index contributed by atoms with van der Waals surface area (Å²) in [5.41, 5.74) is 7.27. The Morgan fingerprint density at radius 2 is 2.27 bits per heavy atom. The second-order valence-corrected chi connectivity index (χ2v) is 8.88. The van der Waals surface area contributed by atoms with Gasteiger partial charge in [-0.1, -0.05) is 51.4 Å². The van der Waals surface area contributed by atoms with Crippen LogP contribution in [0, 0.1) is 0 Å². The Morgan fingerprint density at radius 1 is 1.50 bits per heavy atom. The highest BCUT2D eigenvalue weighted by atomic mass is 35.5. The number of ether oxygens (including phenoxy) is 1. The molecule has 2 atom stereocenters. The lowest BCUT2D eigenvalue weighted by atomic mass is 9.98. The Kier molecular flexibility index (Phi) is 9.01. The van der Waals surface area contributed by atoms with Gasteiger partial charge in [0.15, 0.2) is 0 Å². The molecular formula is C18H23ClN2O3S2. The number of halogens is 1. The van der Waals surface area contributed by atoms with Crippen molar-refractivity contribution in [1.29, 1.82) is 0 Å². The highest BCUT2D eigenvalue weighted by Crippen LogP contribution is 2.39. The van der Waals surface area contributed by atoms with Crippen LogP contribution in [0.4, 0.5) is 0 Å². The molecule has 2 rings (SSSR count). The number of likely N-dealkylation sites (tertiary alicyclic amines) is 1. The third-order valence-corrected chi connectivity index (χ3v) is 7.39. The van der Waals surface area contributed by atoms with Gasteiger partial charge in [-0.05, 0) is 29.7 Å². The van der Waals surface area contributed by atoms with Gasteiger partial charge in [-0.2, -0.15) is 0 Å². The number of hydrogen-bond acceptors (Lipinski definition) is 7. The fourth-order valence-electron chi connectivity index (χ4n) is 2.92. The van der Waals surface area contributed by atoms with Crippen molar-refractivity contribution in [3.8, 4) is 0 Å². The van der Waals surface area contributed by atoms with Gasteiger partial charge in [0.25, 0.3) is 0 Å². The van der Waals surface area contributed by atoms with E-state index >= 15 is 0 Å². The zero-order valence-corrected chi connectivity index (χ0v) is 17.0. The van der Waals surface area contributed by atoms with Gasteiger partial charge in [-0.25, -0.2) is 4.79 Å². The summed E-state index contributed by atoms with van der Waals surface area (Å²) in [5, 5.41) is 0.761. The van der Waals surface area contributed by atoms with Crippen LogP contribution in [0.5, 0.6) is 0 Å². The number of rotatable bonds is 8. The van der Waals surface area contributed by atoms with Gasteiger partial charge in [0.1, 0.15) is 12.3 Å². The second kappa shape index (κ2) is 11.0. The van der Waals surface area contributed by atoms with Crippen molar-refractivity contribution in [3.63, 3.8) is 0 Å². The van der Waals surface area contributed by atoms with Gasteiger partial charge in [-0.15, -0.1) is 0 Å². The first-order valence-corrected chi connectivity index (χ1v) is 11.1. The molecule has 2 unspecified atom stereocenters. The van der Waals surface area contributed by atoms with E-state index in [2.05, 4.69) is 0 Å². The predicted octanol–water partition coefficient (Wildman–Crippen LogP) is 3.09. The summed E-state index contributed by atoms with van der Waals surface area (Å²) in [6.07, 6.45) is 3.25. The Morgan fingerprint density at radius 3 is 2.92 bits per heavy atom. The summed E-state index contributed by atoms with van der Waals surface area (Å²) in [7, 11) is 4.83. The van der Waals surface area contributed by atoms with E-state index in [0.717, 1.165) is 29.6 Å². The molecular weight excluding hydrogens is 392 g/mol. The molecule has 0 radical (unpaired) electrons. The van der Waals surface area contributed by atoms with Gasteiger partial charge in [-0.3, -0.25) is 9.69 Å². The van der Waals surface area contributed by atoms with E-state index in [-0.39, 0.29) is 11.2 Å². The molecule has 1 heterocycles. The smallest absolute Gasteiger partial charge is 0.327 e. The SMILES string of the molecule is COC(=O)C(c1ccccc1Cl)N1CCC(SSCCN)/C(=C\C=O)C1. The highest BCUT2D eigenvalue weighted by Gasteiger charge is 2.35. The van der Waals surface area contributed by atoms with E-state index in [4.69, 9.17) is 22.1 Å². The molecule has 2 N–H and O–H groups in total. The minimum absolute atomic E-state index is 0.234. The van der Waals surface area contributed by atoms with Crippen molar-refractivity contribution in [2.45, 2.75) is 17.7 Å². The molecule has 0 amide bonds. The number of carbonyl (C=O) groups is 2. The lowest BCUT2D eigenvalue weighted by Gasteiger charge is -2.37. The molecule has 1 saturated heterocycles. The summed E-state index contributed by atoms with van der Waals surface area (Å²) in [6.45, 7) is 1.85. The maximum Gasteiger partial charge on any atom is 0.327 e. The minimum Gasteiger partial charge on any atom is -0.468 e. The number of allylic oxidation sites excluding steroid dienone is 1. The molecule has 1 aromatic rings. The van der Waals surface area contributed by atoms with Crippen molar-refractivity contribution in [2.75, 3.05) is 32.5 Å². The summed E-state index contributed by atoms with van der Waals surface area (Å²) in [4.78, 5) is 25.6. The lowest BCUT2D eigenvalue weighted by molar-refractivity contribution is -0.147. The number of benzene rings is 1. The third-order valence-electron chi connectivity index (χ3n) is 4.13. The van der Waals surface area contributed by atoms with Crippen LogP contribution in [0.25, 0.3) is 0 Å².